The van der Waals surface area contributed by atoms with E-state index in [-0.39, 0.29) is 12.1 Å². The number of nitrogens with one attached hydrogen (secondary N) is 2. The molecule has 2 aliphatic rings. The van der Waals surface area contributed by atoms with E-state index < -0.39 is 11.4 Å². The van der Waals surface area contributed by atoms with Crippen LogP contribution >= 0.6 is 0 Å². The van der Waals surface area contributed by atoms with Gasteiger partial charge in [0.05, 0.1) is 6.04 Å². The van der Waals surface area contributed by atoms with E-state index in [2.05, 4.69) is 15.6 Å². The molecule has 7 heteroatoms. The Kier molecular flexibility index (Phi) is 3.80. The van der Waals surface area contributed by atoms with E-state index in [4.69, 9.17) is 5.73 Å². The predicted octanol–water partition coefficient (Wildman–Crippen LogP) is 0.968. The Morgan fingerprint density at radius 1 is 1.41 bits per heavy atom. The molecule has 7 nitrogen and oxygen atoms in total. The molecule has 120 valence electrons. The summed E-state index contributed by atoms with van der Waals surface area (Å²) >= 11 is 0. The highest BCUT2D eigenvalue weighted by molar-refractivity contribution is 5.90. The zero-order valence-corrected chi connectivity index (χ0v) is 12.8. The van der Waals surface area contributed by atoms with Gasteiger partial charge in [-0.05, 0) is 31.6 Å². The first-order valence-corrected chi connectivity index (χ1v) is 7.88. The summed E-state index contributed by atoms with van der Waals surface area (Å²) in [5, 5.41) is 5.81. The van der Waals surface area contributed by atoms with E-state index >= 15 is 0 Å². The SMILES string of the molecule is Cn1ccnc1[C@@H](NC(=O)NC1(C(N)=O)CCCC1)C1CC1. The van der Waals surface area contributed by atoms with Gasteiger partial charge in [0, 0.05) is 19.4 Å². The van der Waals surface area contributed by atoms with Gasteiger partial charge in [-0.25, -0.2) is 9.78 Å². The lowest BCUT2D eigenvalue weighted by Crippen LogP contribution is -2.58. The van der Waals surface area contributed by atoms with Crippen LogP contribution in [0.25, 0.3) is 0 Å². The first-order valence-electron chi connectivity index (χ1n) is 7.88. The summed E-state index contributed by atoms with van der Waals surface area (Å²) in [7, 11) is 1.92. The van der Waals surface area contributed by atoms with Gasteiger partial charge in [0.25, 0.3) is 0 Å². The number of amides is 3. The van der Waals surface area contributed by atoms with Crippen molar-refractivity contribution in [3.63, 3.8) is 0 Å². The van der Waals surface area contributed by atoms with Crippen LogP contribution in [0.1, 0.15) is 50.4 Å². The third-order valence-electron chi connectivity index (χ3n) is 4.80. The first-order chi connectivity index (χ1) is 10.5. The van der Waals surface area contributed by atoms with E-state index in [0.717, 1.165) is 31.5 Å². The van der Waals surface area contributed by atoms with Crippen LogP contribution in [-0.2, 0) is 11.8 Å². The highest BCUT2D eigenvalue weighted by Gasteiger charge is 2.42. The number of carbonyl (C=O) groups excluding carboxylic acids is 2. The van der Waals surface area contributed by atoms with Gasteiger partial charge in [-0.3, -0.25) is 4.79 Å². The monoisotopic (exact) mass is 305 g/mol. The number of nitrogens with two attached hydrogens (primary N) is 1. The molecular formula is C15H23N5O2. The second kappa shape index (κ2) is 5.62. The molecule has 1 heterocycles. The number of rotatable bonds is 5. The summed E-state index contributed by atoms with van der Waals surface area (Å²) in [6, 6.07) is -0.452. The molecular weight excluding hydrogens is 282 g/mol. The molecule has 3 rings (SSSR count). The van der Waals surface area contributed by atoms with Gasteiger partial charge in [-0.15, -0.1) is 0 Å². The van der Waals surface area contributed by atoms with Crippen molar-refractivity contribution < 1.29 is 9.59 Å². The van der Waals surface area contributed by atoms with Gasteiger partial charge >= 0.3 is 6.03 Å². The van der Waals surface area contributed by atoms with Gasteiger partial charge in [-0.1, -0.05) is 12.8 Å². The van der Waals surface area contributed by atoms with Crippen LogP contribution in [0.3, 0.4) is 0 Å². The second-order valence-electron chi connectivity index (χ2n) is 6.46. The van der Waals surface area contributed by atoms with E-state index in [1.54, 1.807) is 6.20 Å². The lowest BCUT2D eigenvalue weighted by Gasteiger charge is -2.28. The lowest BCUT2D eigenvalue weighted by atomic mass is 9.97. The van der Waals surface area contributed by atoms with Gasteiger partial charge < -0.3 is 20.9 Å². The predicted molar refractivity (Wildman–Crippen MR) is 80.7 cm³/mol. The molecule has 2 saturated carbocycles. The summed E-state index contributed by atoms with van der Waals surface area (Å²) in [6.45, 7) is 0. The van der Waals surface area contributed by atoms with Crippen LogP contribution in [0.15, 0.2) is 12.4 Å². The van der Waals surface area contributed by atoms with Crippen molar-refractivity contribution in [2.45, 2.75) is 50.1 Å². The second-order valence-corrected chi connectivity index (χ2v) is 6.46. The van der Waals surface area contributed by atoms with Crippen LogP contribution < -0.4 is 16.4 Å². The van der Waals surface area contributed by atoms with Crippen LogP contribution in [0, 0.1) is 5.92 Å². The van der Waals surface area contributed by atoms with E-state index in [1.165, 1.54) is 0 Å². The number of primary amides is 1. The third-order valence-corrected chi connectivity index (χ3v) is 4.80. The van der Waals surface area contributed by atoms with Crippen molar-refractivity contribution in [3.05, 3.63) is 18.2 Å². The largest absolute Gasteiger partial charge is 0.368 e. The van der Waals surface area contributed by atoms with Crippen molar-refractivity contribution in [2.75, 3.05) is 0 Å². The van der Waals surface area contributed by atoms with Crippen molar-refractivity contribution in [2.24, 2.45) is 18.7 Å². The molecule has 22 heavy (non-hydrogen) atoms. The Morgan fingerprint density at radius 3 is 2.59 bits per heavy atom. The summed E-state index contributed by atoms with van der Waals surface area (Å²) in [5.41, 5.74) is 4.62. The Hall–Kier alpha value is -2.05. The minimum atomic E-state index is -0.889. The molecule has 2 aliphatic carbocycles. The third kappa shape index (κ3) is 2.80. The quantitative estimate of drug-likeness (QED) is 0.755. The Labute approximate surface area is 129 Å². The Morgan fingerprint density at radius 2 is 2.09 bits per heavy atom. The Balaban J connectivity index is 1.69. The van der Waals surface area contributed by atoms with Crippen LogP contribution in [0.4, 0.5) is 4.79 Å². The fraction of sp³-hybridized carbons (Fsp3) is 0.667. The fourth-order valence-electron chi connectivity index (χ4n) is 3.31. The van der Waals surface area contributed by atoms with Crippen LogP contribution in [0.2, 0.25) is 0 Å². The molecule has 0 aliphatic heterocycles. The molecule has 2 fully saturated rings. The minimum absolute atomic E-state index is 0.119. The van der Waals surface area contributed by atoms with Gasteiger partial charge in [-0.2, -0.15) is 0 Å². The molecule has 1 atom stereocenters. The molecule has 1 aromatic heterocycles. The van der Waals surface area contributed by atoms with Crippen molar-refractivity contribution >= 4 is 11.9 Å². The molecule has 0 saturated heterocycles. The molecule has 3 amide bonds. The maximum atomic E-state index is 12.4. The van der Waals surface area contributed by atoms with Crippen molar-refractivity contribution in [3.8, 4) is 0 Å². The van der Waals surface area contributed by atoms with E-state index in [1.807, 2.05) is 17.8 Å². The molecule has 4 N–H and O–H groups in total. The Bertz CT molecular complexity index is 572. The highest BCUT2D eigenvalue weighted by Crippen LogP contribution is 2.40. The number of aromatic nitrogens is 2. The van der Waals surface area contributed by atoms with Gasteiger partial charge in [0.1, 0.15) is 11.4 Å². The average molecular weight is 305 g/mol. The number of nitrogens with zero attached hydrogens (tertiary/aromatic N) is 2. The fourth-order valence-corrected chi connectivity index (χ4v) is 3.31. The molecule has 0 radical (unpaired) electrons. The molecule has 0 unspecified atom stereocenters. The number of imidazole rings is 1. The summed E-state index contributed by atoms with van der Waals surface area (Å²) in [5.74, 6) is 0.817. The highest BCUT2D eigenvalue weighted by atomic mass is 16.2. The molecule has 0 spiro atoms. The zero-order chi connectivity index (χ0) is 15.7. The number of urea groups is 1. The van der Waals surface area contributed by atoms with E-state index in [0.29, 0.717) is 18.8 Å². The average Bonchev–Trinajstić information content (AvgIpc) is 3.05. The maximum absolute atomic E-state index is 12.4. The normalized spacial score (nSPS) is 21.3. The number of hydrogen-bond donors (Lipinski definition) is 3. The number of aryl methyl sites for hydroxylation is 1. The molecule has 0 bridgehead atoms. The number of carbonyl (C=O) groups is 2. The standard InChI is InChI=1S/C15H23N5O2/c1-20-9-8-17-12(20)11(10-4-5-10)18-14(22)19-15(13(16)21)6-2-3-7-15/h8-11H,2-7H2,1H3,(H2,16,21)(H2,18,19,22)/t11-/m0/s1. The lowest BCUT2D eigenvalue weighted by molar-refractivity contribution is -0.123. The minimum Gasteiger partial charge on any atom is -0.368 e. The van der Waals surface area contributed by atoms with Crippen LogP contribution in [0.5, 0.6) is 0 Å². The molecule has 0 aromatic carbocycles. The first kappa shape index (κ1) is 14.9. The zero-order valence-electron chi connectivity index (χ0n) is 12.8. The number of hydrogen-bond acceptors (Lipinski definition) is 3. The summed E-state index contributed by atoms with van der Waals surface area (Å²) in [6.07, 6.45) is 8.82. The van der Waals surface area contributed by atoms with E-state index in [9.17, 15) is 9.59 Å². The summed E-state index contributed by atoms with van der Waals surface area (Å²) in [4.78, 5) is 28.5. The van der Waals surface area contributed by atoms with Crippen molar-refractivity contribution in [1.82, 2.24) is 20.2 Å². The topological polar surface area (TPSA) is 102 Å². The smallest absolute Gasteiger partial charge is 0.316 e. The van der Waals surface area contributed by atoms with Crippen LogP contribution in [-0.4, -0.2) is 27.0 Å². The summed E-state index contributed by atoms with van der Waals surface area (Å²) < 4.78 is 1.92. The van der Waals surface area contributed by atoms with Gasteiger partial charge in [0.2, 0.25) is 5.91 Å². The molecule has 1 aromatic rings. The van der Waals surface area contributed by atoms with Crippen molar-refractivity contribution in [1.29, 1.82) is 0 Å². The maximum Gasteiger partial charge on any atom is 0.316 e. The van der Waals surface area contributed by atoms with Gasteiger partial charge in [0.15, 0.2) is 0 Å².